The van der Waals surface area contributed by atoms with E-state index < -0.39 is 0 Å². The number of nitrogens with zero attached hydrogens (tertiary/aromatic N) is 3. The van der Waals surface area contributed by atoms with Gasteiger partial charge in [0.1, 0.15) is 0 Å². The van der Waals surface area contributed by atoms with E-state index in [2.05, 4.69) is 83.4 Å². The Balaban J connectivity index is 1.63. The van der Waals surface area contributed by atoms with E-state index in [9.17, 15) is 0 Å². The number of benzene rings is 2. The lowest BCUT2D eigenvalue weighted by atomic mass is 10.0. The number of rotatable bonds is 8. The second-order valence-corrected chi connectivity index (χ2v) is 8.44. The summed E-state index contributed by atoms with van der Waals surface area (Å²) in [6, 6.07) is 11.2. The van der Waals surface area contributed by atoms with Crippen molar-refractivity contribution in [3.05, 3.63) is 35.9 Å². The molecule has 5 nitrogen and oxygen atoms in total. The molecule has 164 valence electrons. The van der Waals surface area contributed by atoms with Crippen molar-refractivity contribution in [2.24, 2.45) is 0 Å². The first kappa shape index (κ1) is 22.8. The van der Waals surface area contributed by atoms with Crippen LogP contribution in [0.15, 0.2) is 30.3 Å². The number of aryl methyl sites for hydroxylation is 1. The monoisotopic (exact) mass is 427 g/mol. The molecule has 1 aliphatic rings. The molecule has 2 aromatic rings. The third-order valence-electron chi connectivity index (χ3n) is 6.20. The molecular formula is C24H37N5S. The number of thiocarbonyl (C=S) groups is 1. The highest BCUT2D eigenvalue weighted by atomic mass is 32.1. The van der Waals surface area contributed by atoms with E-state index in [0.29, 0.717) is 5.11 Å². The molecule has 1 aliphatic heterocycles. The molecule has 2 aromatic carbocycles. The van der Waals surface area contributed by atoms with Gasteiger partial charge in [-0.2, -0.15) is 0 Å². The fraction of sp³-hybridized carbons (Fsp3) is 0.542. The van der Waals surface area contributed by atoms with E-state index in [1.54, 1.807) is 0 Å². The first-order chi connectivity index (χ1) is 14.5. The SMILES string of the molecule is CCN(CC)CCNC(=S)Nc1ccc2cc(N3CCN(CC)CC3)cc(C)c2c1. The second kappa shape index (κ2) is 10.9. The third kappa shape index (κ3) is 5.84. The van der Waals surface area contributed by atoms with Gasteiger partial charge in [-0.25, -0.2) is 0 Å². The molecule has 3 rings (SSSR count). The Morgan fingerprint density at radius 3 is 2.43 bits per heavy atom. The Labute approximate surface area is 187 Å². The Morgan fingerprint density at radius 2 is 1.77 bits per heavy atom. The molecule has 0 spiro atoms. The average Bonchev–Trinajstić information content (AvgIpc) is 2.77. The van der Waals surface area contributed by atoms with Crippen LogP contribution >= 0.6 is 12.2 Å². The third-order valence-corrected chi connectivity index (χ3v) is 6.44. The molecule has 1 fully saturated rings. The highest BCUT2D eigenvalue weighted by Crippen LogP contribution is 2.29. The lowest BCUT2D eigenvalue weighted by Gasteiger charge is -2.35. The summed E-state index contributed by atoms with van der Waals surface area (Å²) in [5, 5.41) is 9.92. The summed E-state index contributed by atoms with van der Waals surface area (Å²) in [6.07, 6.45) is 0. The van der Waals surface area contributed by atoms with Crippen molar-refractivity contribution in [3.63, 3.8) is 0 Å². The summed E-state index contributed by atoms with van der Waals surface area (Å²) in [5.41, 5.74) is 3.68. The number of nitrogens with one attached hydrogen (secondary N) is 2. The molecule has 0 aliphatic carbocycles. The molecule has 30 heavy (non-hydrogen) atoms. The lowest BCUT2D eigenvalue weighted by Crippen LogP contribution is -2.46. The summed E-state index contributed by atoms with van der Waals surface area (Å²) in [7, 11) is 0. The van der Waals surface area contributed by atoms with Gasteiger partial charge in [-0.15, -0.1) is 0 Å². The van der Waals surface area contributed by atoms with E-state index >= 15 is 0 Å². The molecule has 1 saturated heterocycles. The van der Waals surface area contributed by atoms with Crippen LogP contribution in [0, 0.1) is 6.92 Å². The maximum Gasteiger partial charge on any atom is 0.170 e. The second-order valence-electron chi connectivity index (χ2n) is 8.03. The zero-order chi connectivity index (χ0) is 21.5. The van der Waals surface area contributed by atoms with Crippen LogP contribution in [0.1, 0.15) is 26.3 Å². The summed E-state index contributed by atoms with van der Waals surface area (Å²) in [4.78, 5) is 7.41. The Kier molecular flexibility index (Phi) is 8.31. The molecule has 0 aromatic heterocycles. The van der Waals surface area contributed by atoms with E-state index in [1.807, 2.05) is 0 Å². The van der Waals surface area contributed by atoms with Crippen LogP contribution in [0.25, 0.3) is 10.8 Å². The van der Waals surface area contributed by atoms with E-state index in [-0.39, 0.29) is 0 Å². The zero-order valence-corrected chi connectivity index (χ0v) is 19.8. The highest BCUT2D eigenvalue weighted by Gasteiger charge is 2.16. The van der Waals surface area contributed by atoms with Crippen molar-refractivity contribution in [2.75, 3.05) is 69.1 Å². The number of piperazine rings is 1. The highest BCUT2D eigenvalue weighted by molar-refractivity contribution is 7.80. The van der Waals surface area contributed by atoms with Gasteiger partial charge in [-0.1, -0.05) is 26.8 Å². The minimum Gasteiger partial charge on any atom is -0.369 e. The number of likely N-dealkylation sites (N-methyl/N-ethyl adjacent to an activating group) is 2. The predicted octanol–water partition coefficient (Wildman–Crippen LogP) is 3.92. The minimum atomic E-state index is 0.685. The normalized spacial score (nSPS) is 15.0. The largest absolute Gasteiger partial charge is 0.369 e. The van der Waals surface area contributed by atoms with Crippen molar-refractivity contribution in [2.45, 2.75) is 27.7 Å². The molecule has 0 amide bonds. The first-order valence-corrected chi connectivity index (χ1v) is 11.7. The molecule has 6 heteroatoms. The number of fused-ring (bicyclic) bond motifs is 1. The van der Waals surface area contributed by atoms with Crippen molar-refractivity contribution < 1.29 is 0 Å². The standard InChI is InChI=1S/C24H37N5S/c1-5-27(6-2)11-10-25-24(30)26-21-9-8-20-17-22(16-19(4)23(20)18-21)29-14-12-28(7-3)13-15-29/h8-9,16-18H,5-7,10-15H2,1-4H3,(H2,25,26,30). The summed E-state index contributed by atoms with van der Waals surface area (Å²) < 4.78 is 0. The topological polar surface area (TPSA) is 33.8 Å². The fourth-order valence-electron chi connectivity index (χ4n) is 4.15. The van der Waals surface area contributed by atoms with Gasteiger partial charge in [0.2, 0.25) is 0 Å². The molecule has 0 saturated carbocycles. The van der Waals surface area contributed by atoms with Gasteiger partial charge in [0.05, 0.1) is 0 Å². The summed E-state index contributed by atoms with van der Waals surface area (Å²) in [6.45, 7) is 18.5. The number of hydrogen-bond donors (Lipinski definition) is 2. The van der Waals surface area contributed by atoms with Crippen LogP contribution in [0.4, 0.5) is 11.4 Å². The van der Waals surface area contributed by atoms with E-state index in [1.165, 1.54) is 22.0 Å². The van der Waals surface area contributed by atoms with Crippen LogP contribution in [-0.2, 0) is 0 Å². The molecule has 2 N–H and O–H groups in total. The molecular weight excluding hydrogens is 390 g/mol. The van der Waals surface area contributed by atoms with Crippen molar-refractivity contribution in [1.29, 1.82) is 0 Å². The molecule has 1 heterocycles. The molecule has 0 radical (unpaired) electrons. The fourth-order valence-corrected chi connectivity index (χ4v) is 4.37. The molecule has 0 bridgehead atoms. The maximum absolute atomic E-state index is 5.49. The van der Waals surface area contributed by atoms with Crippen molar-refractivity contribution in [1.82, 2.24) is 15.1 Å². The zero-order valence-electron chi connectivity index (χ0n) is 19.0. The minimum absolute atomic E-state index is 0.685. The van der Waals surface area contributed by atoms with Crippen molar-refractivity contribution >= 4 is 39.5 Å². The van der Waals surface area contributed by atoms with Crippen LogP contribution in [-0.4, -0.2) is 73.8 Å². The van der Waals surface area contributed by atoms with Crippen LogP contribution < -0.4 is 15.5 Å². The van der Waals surface area contributed by atoms with Crippen LogP contribution in [0.3, 0.4) is 0 Å². The lowest BCUT2D eigenvalue weighted by molar-refractivity contribution is 0.271. The van der Waals surface area contributed by atoms with Crippen LogP contribution in [0.5, 0.6) is 0 Å². The summed E-state index contributed by atoms with van der Waals surface area (Å²) >= 11 is 5.49. The predicted molar refractivity (Wildman–Crippen MR) is 135 cm³/mol. The summed E-state index contributed by atoms with van der Waals surface area (Å²) in [5.74, 6) is 0. The van der Waals surface area contributed by atoms with Crippen LogP contribution in [0.2, 0.25) is 0 Å². The molecule has 0 atom stereocenters. The van der Waals surface area contributed by atoms with E-state index in [4.69, 9.17) is 12.2 Å². The van der Waals surface area contributed by atoms with Gasteiger partial charge in [0.25, 0.3) is 0 Å². The number of anilines is 2. The van der Waals surface area contributed by atoms with Gasteiger partial charge in [0.15, 0.2) is 5.11 Å². The Hall–Kier alpha value is -1.89. The van der Waals surface area contributed by atoms with Gasteiger partial charge < -0.3 is 25.3 Å². The first-order valence-electron chi connectivity index (χ1n) is 11.3. The maximum atomic E-state index is 5.49. The number of hydrogen-bond acceptors (Lipinski definition) is 4. The van der Waals surface area contributed by atoms with E-state index in [0.717, 1.165) is 64.6 Å². The average molecular weight is 428 g/mol. The quantitative estimate of drug-likeness (QED) is 0.622. The Morgan fingerprint density at radius 1 is 1.03 bits per heavy atom. The van der Waals surface area contributed by atoms with Gasteiger partial charge >= 0.3 is 0 Å². The molecule has 0 unspecified atom stereocenters. The van der Waals surface area contributed by atoms with Crippen molar-refractivity contribution in [3.8, 4) is 0 Å². The van der Waals surface area contributed by atoms with Gasteiger partial charge in [-0.3, -0.25) is 0 Å². The Bertz CT molecular complexity index is 841. The van der Waals surface area contributed by atoms with Gasteiger partial charge in [0, 0.05) is 50.6 Å². The smallest absolute Gasteiger partial charge is 0.170 e. The van der Waals surface area contributed by atoms with Gasteiger partial charge in [-0.05, 0) is 79.4 Å².